The summed E-state index contributed by atoms with van der Waals surface area (Å²) in [6, 6.07) is 3.29. The van der Waals surface area contributed by atoms with Crippen molar-refractivity contribution < 1.29 is 14.3 Å². The van der Waals surface area contributed by atoms with Crippen LogP contribution in [0.25, 0.3) is 0 Å². The number of aromatic carboxylic acids is 1. The lowest BCUT2D eigenvalue weighted by Crippen LogP contribution is -2.34. The van der Waals surface area contributed by atoms with E-state index in [9.17, 15) is 4.79 Å². The van der Waals surface area contributed by atoms with Gasteiger partial charge in [0.2, 0.25) is 5.76 Å². The number of carbonyl (C=O) groups is 1. The first kappa shape index (κ1) is 13.1. The summed E-state index contributed by atoms with van der Waals surface area (Å²) in [6.07, 6.45) is 2.45. The van der Waals surface area contributed by atoms with Crippen LogP contribution in [0.1, 0.15) is 43.0 Å². The quantitative estimate of drug-likeness (QED) is 0.894. The van der Waals surface area contributed by atoms with Crippen molar-refractivity contribution in [3.05, 3.63) is 23.7 Å². The van der Waals surface area contributed by atoms with Crippen molar-refractivity contribution in [2.24, 2.45) is 11.8 Å². The summed E-state index contributed by atoms with van der Waals surface area (Å²) in [6.45, 7) is 7.44. The smallest absolute Gasteiger partial charge is 0.371 e. The Morgan fingerprint density at radius 2 is 2.11 bits per heavy atom. The van der Waals surface area contributed by atoms with E-state index >= 15 is 0 Å². The molecule has 0 atom stereocenters. The molecule has 0 saturated carbocycles. The highest BCUT2D eigenvalue weighted by atomic mass is 16.4. The molecule has 1 aliphatic rings. The highest BCUT2D eigenvalue weighted by Crippen LogP contribution is 2.25. The Balaban J connectivity index is 1.85. The molecule has 0 radical (unpaired) electrons. The first-order valence-electron chi connectivity index (χ1n) is 6.60. The molecule has 1 saturated heterocycles. The molecule has 1 aliphatic heterocycles. The number of carboxylic acids is 1. The largest absolute Gasteiger partial charge is 0.475 e. The predicted molar refractivity (Wildman–Crippen MR) is 68.5 cm³/mol. The molecule has 4 heteroatoms. The molecule has 0 unspecified atom stereocenters. The zero-order chi connectivity index (χ0) is 13.1. The highest BCUT2D eigenvalue weighted by molar-refractivity contribution is 5.84. The van der Waals surface area contributed by atoms with Gasteiger partial charge in [-0.3, -0.25) is 4.90 Å². The average Bonchev–Trinajstić information content (AvgIpc) is 2.78. The van der Waals surface area contributed by atoms with Crippen molar-refractivity contribution >= 4 is 5.97 Å². The summed E-state index contributed by atoms with van der Waals surface area (Å²) in [5.74, 6) is 1.36. The zero-order valence-corrected chi connectivity index (χ0v) is 11.1. The first-order valence-corrected chi connectivity index (χ1v) is 6.60. The number of carboxylic acid groups (broad SMARTS) is 1. The fourth-order valence-electron chi connectivity index (χ4n) is 2.58. The second-order valence-corrected chi connectivity index (χ2v) is 5.43. The number of furan rings is 1. The number of hydrogen-bond acceptors (Lipinski definition) is 3. The summed E-state index contributed by atoms with van der Waals surface area (Å²) in [5, 5.41) is 8.79. The van der Waals surface area contributed by atoms with Gasteiger partial charge in [0.05, 0.1) is 6.54 Å². The standard InChI is InChI=1S/C14H21NO3/c1-10(2)11-5-7-15(8-6-11)9-12-3-4-13(18-12)14(16)17/h3-4,10-11H,5-9H2,1-2H3,(H,16,17). The molecular weight excluding hydrogens is 230 g/mol. The van der Waals surface area contributed by atoms with Crippen molar-refractivity contribution in [1.82, 2.24) is 4.90 Å². The van der Waals surface area contributed by atoms with Gasteiger partial charge in [-0.25, -0.2) is 4.79 Å². The first-order chi connectivity index (χ1) is 8.56. The summed E-state index contributed by atoms with van der Waals surface area (Å²) in [5.41, 5.74) is 0. The van der Waals surface area contributed by atoms with Crippen LogP contribution in [-0.4, -0.2) is 29.1 Å². The SMILES string of the molecule is CC(C)C1CCN(Cc2ccc(C(=O)O)o2)CC1. The molecule has 4 nitrogen and oxygen atoms in total. The number of likely N-dealkylation sites (tertiary alicyclic amines) is 1. The molecule has 1 N–H and O–H groups in total. The number of hydrogen-bond donors (Lipinski definition) is 1. The van der Waals surface area contributed by atoms with Crippen LogP contribution in [0.3, 0.4) is 0 Å². The maximum atomic E-state index is 10.7. The van der Waals surface area contributed by atoms with Crippen molar-refractivity contribution in [3.63, 3.8) is 0 Å². The fourth-order valence-corrected chi connectivity index (χ4v) is 2.58. The Labute approximate surface area is 108 Å². The number of rotatable bonds is 4. The van der Waals surface area contributed by atoms with Crippen LogP contribution in [0.15, 0.2) is 16.5 Å². The second kappa shape index (κ2) is 5.57. The van der Waals surface area contributed by atoms with Crippen LogP contribution >= 0.6 is 0 Å². The van der Waals surface area contributed by atoms with Crippen LogP contribution in [0.5, 0.6) is 0 Å². The Morgan fingerprint density at radius 1 is 1.44 bits per heavy atom. The maximum Gasteiger partial charge on any atom is 0.371 e. The third-order valence-electron chi connectivity index (χ3n) is 3.83. The molecule has 0 amide bonds. The Kier molecular flexibility index (Phi) is 4.07. The zero-order valence-electron chi connectivity index (χ0n) is 11.1. The van der Waals surface area contributed by atoms with Crippen LogP contribution in [0, 0.1) is 11.8 Å². The van der Waals surface area contributed by atoms with Gasteiger partial charge in [-0.15, -0.1) is 0 Å². The van der Waals surface area contributed by atoms with Crippen LogP contribution in [0.4, 0.5) is 0 Å². The van der Waals surface area contributed by atoms with E-state index in [4.69, 9.17) is 9.52 Å². The van der Waals surface area contributed by atoms with Gasteiger partial charge in [0.1, 0.15) is 5.76 Å². The van der Waals surface area contributed by atoms with Crippen molar-refractivity contribution in [2.45, 2.75) is 33.2 Å². The minimum Gasteiger partial charge on any atom is -0.475 e. The van der Waals surface area contributed by atoms with Crippen molar-refractivity contribution in [3.8, 4) is 0 Å². The predicted octanol–water partition coefficient (Wildman–Crippen LogP) is 2.85. The number of nitrogens with zero attached hydrogens (tertiary/aromatic N) is 1. The van der Waals surface area contributed by atoms with Gasteiger partial charge in [0.15, 0.2) is 0 Å². The van der Waals surface area contributed by atoms with Gasteiger partial charge >= 0.3 is 5.97 Å². The molecule has 1 aromatic rings. The molecule has 2 rings (SSSR count). The minimum atomic E-state index is -1.00. The topological polar surface area (TPSA) is 53.7 Å². The van der Waals surface area contributed by atoms with Gasteiger partial charge in [-0.05, 0) is 49.9 Å². The summed E-state index contributed by atoms with van der Waals surface area (Å²) >= 11 is 0. The maximum absolute atomic E-state index is 10.7. The molecule has 18 heavy (non-hydrogen) atoms. The Hall–Kier alpha value is -1.29. The lowest BCUT2D eigenvalue weighted by molar-refractivity contribution is 0.0656. The Morgan fingerprint density at radius 3 is 2.61 bits per heavy atom. The van der Waals surface area contributed by atoms with Gasteiger partial charge in [0, 0.05) is 0 Å². The van der Waals surface area contributed by atoms with Gasteiger partial charge in [0.25, 0.3) is 0 Å². The average molecular weight is 251 g/mol. The second-order valence-electron chi connectivity index (χ2n) is 5.43. The van der Waals surface area contributed by atoms with Crippen LogP contribution in [-0.2, 0) is 6.54 Å². The van der Waals surface area contributed by atoms with E-state index in [0.717, 1.165) is 37.2 Å². The number of piperidine rings is 1. The van der Waals surface area contributed by atoms with Gasteiger partial charge in [-0.2, -0.15) is 0 Å². The summed E-state index contributed by atoms with van der Waals surface area (Å²) in [4.78, 5) is 13.1. The lowest BCUT2D eigenvalue weighted by atomic mass is 9.87. The third kappa shape index (κ3) is 3.13. The van der Waals surface area contributed by atoms with E-state index in [2.05, 4.69) is 18.7 Å². The molecule has 0 spiro atoms. The van der Waals surface area contributed by atoms with E-state index in [1.165, 1.54) is 18.9 Å². The van der Waals surface area contributed by atoms with Crippen molar-refractivity contribution in [2.75, 3.05) is 13.1 Å². The molecule has 100 valence electrons. The molecule has 1 aromatic heterocycles. The van der Waals surface area contributed by atoms with Crippen LogP contribution < -0.4 is 0 Å². The van der Waals surface area contributed by atoms with Gasteiger partial charge < -0.3 is 9.52 Å². The molecule has 1 fully saturated rings. The van der Waals surface area contributed by atoms with Crippen LogP contribution in [0.2, 0.25) is 0 Å². The molecule has 2 heterocycles. The van der Waals surface area contributed by atoms with E-state index < -0.39 is 5.97 Å². The van der Waals surface area contributed by atoms with E-state index in [-0.39, 0.29) is 5.76 Å². The van der Waals surface area contributed by atoms with E-state index in [0.29, 0.717) is 0 Å². The third-order valence-corrected chi connectivity index (χ3v) is 3.83. The molecule has 0 aromatic carbocycles. The summed E-state index contributed by atoms with van der Waals surface area (Å²) in [7, 11) is 0. The molecular formula is C14H21NO3. The Bertz CT molecular complexity index is 403. The molecule has 0 bridgehead atoms. The minimum absolute atomic E-state index is 0.0297. The fraction of sp³-hybridized carbons (Fsp3) is 0.643. The van der Waals surface area contributed by atoms with Crippen molar-refractivity contribution in [1.29, 1.82) is 0 Å². The van der Waals surface area contributed by atoms with Gasteiger partial charge in [-0.1, -0.05) is 13.8 Å². The van der Waals surface area contributed by atoms with E-state index in [1.54, 1.807) is 6.07 Å². The molecule has 0 aliphatic carbocycles. The lowest BCUT2D eigenvalue weighted by Gasteiger charge is -2.33. The normalized spacial score (nSPS) is 18.4. The summed E-state index contributed by atoms with van der Waals surface area (Å²) < 4.78 is 5.28. The van der Waals surface area contributed by atoms with E-state index in [1.807, 2.05) is 0 Å². The monoisotopic (exact) mass is 251 g/mol. The highest BCUT2D eigenvalue weighted by Gasteiger charge is 2.22.